The highest BCUT2D eigenvalue weighted by atomic mass is 16.7. The van der Waals surface area contributed by atoms with Gasteiger partial charge in [0.25, 0.3) is 0 Å². The van der Waals surface area contributed by atoms with E-state index in [1.54, 1.807) is 0 Å². The number of hydroxylamine groups is 2. The van der Waals surface area contributed by atoms with Crippen molar-refractivity contribution in [2.75, 3.05) is 39.5 Å². The topological polar surface area (TPSA) is 57.0 Å². The van der Waals surface area contributed by atoms with Crippen LogP contribution in [0.2, 0.25) is 0 Å². The van der Waals surface area contributed by atoms with E-state index in [0.717, 1.165) is 13.1 Å². The number of unbranched alkanes of at least 4 members (excludes halogenated alkanes) is 30. The summed E-state index contributed by atoms with van der Waals surface area (Å²) >= 11 is 0. The number of ether oxygens (including phenoxy) is 1. The molecular weight excluding hydrogens is 556 g/mol. The maximum Gasteiger partial charge on any atom is 0.0918 e. The first-order valence-electron chi connectivity index (χ1n) is 20.6. The molecule has 5 nitrogen and oxygen atoms in total. The molecule has 0 saturated heterocycles. The third-order valence-corrected chi connectivity index (χ3v) is 9.37. The largest absolute Gasteiger partial charge is 0.377 e. The molecule has 0 rings (SSSR count). The minimum atomic E-state index is 0.433. The second kappa shape index (κ2) is 41.8. The summed E-state index contributed by atoms with van der Waals surface area (Å²) in [6.45, 7) is 8.86. The van der Waals surface area contributed by atoms with Crippen molar-refractivity contribution in [2.45, 2.75) is 219 Å². The van der Waals surface area contributed by atoms with E-state index in [1.807, 2.05) is 0 Å². The van der Waals surface area contributed by atoms with E-state index < -0.39 is 0 Å². The molecule has 0 atom stereocenters. The van der Waals surface area contributed by atoms with E-state index in [0.29, 0.717) is 26.4 Å². The molecule has 5 heteroatoms. The van der Waals surface area contributed by atoms with Crippen molar-refractivity contribution in [2.24, 2.45) is 5.90 Å². The Morgan fingerprint density at radius 2 is 0.600 bits per heavy atom. The summed E-state index contributed by atoms with van der Waals surface area (Å²) in [5, 5.41) is 2.22. The molecule has 0 aromatic rings. The van der Waals surface area contributed by atoms with E-state index in [-0.39, 0.29) is 0 Å². The minimum Gasteiger partial charge on any atom is -0.377 e. The summed E-state index contributed by atoms with van der Waals surface area (Å²) < 4.78 is 5.54. The second-order valence-corrected chi connectivity index (χ2v) is 13.9. The number of hydrogen-bond acceptors (Lipinski definition) is 5. The van der Waals surface area contributed by atoms with Crippen molar-refractivity contribution in [3.8, 4) is 0 Å². The monoisotopic (exact) mass is 641 g/mol. The van der Waals surface area contributed by atoms with Gasteiger partial charge in [0, 0.05) is 13.1 Å². The fourth-order valence-corrected chi connectivity index (χ4v) is 6.35. The van der Waals surface area contributed by atoms with Crippen LogP contribution in [0, 0.1) is 0 Å². The molecule has 0 spiro atoms. The maximum absolute atomic E-state index is 6.11. The number of rotatable bonds is 41. The molecule has 0 radical (unpaired) electrons. The zero-order valence-electron chi connectivity index (χ0n) is 31.1. The Bertz CT molecular complexity index is 472. The van der Waals surface area contributed by atoms with Gasteiger partial charge in [0.1, 0.15) is 0 Å². The van der Waals surface area contributed by atoms with Crippen LogP contribution in [0.25, 0.3) is 0 Å². The van der Waals surface area contributed by atoms with Crippen LogP contribution in [0.3, 0.4) is 0 Å². The normalized spacial score (nSPS) is 11.7. The smallest absolute Gasteiger partial charge is 0.0918 e. The van der Waals surface area contributed by atoms with E-state index in [2.05, 4.69) is 23.7 Å². The van der Waals surface area contributed by atoms with E-state index in [4.69, 9.17) is 15.5 Å². The Balaban J connectivity index is 3.72. The first kappa shape index (κ1) is 44.8. The summed E-state index contributed by atoms with van der Waals surface area (Å²) in [4.78, 5) is 10.7. The zero-order chi connectivity index (χ0) is 32.6. The van der Waals surface area contributed by atoms with Gasteiger partial charge in [-0.25, -0.2) is 5.90 Å². The molecular formula is C40H84N2O3. The lowest BCUT2D eigenvalue weighted by Gasteiger charge is -2.22. The first-order valence-corrected chi connectivity index (χ1v) is 20.6. The fraction of sp³-hybridized carbons (Fsp3) is 1.00. The first-order chi connectivity index (χ1) is 22.3. The lowest BCUT2D eigenvalue weighted by atomic mass is 10.0. The molecule has 0 aliphatic rings. The van der Waals surface area contributed by atoms with Crippen molar-refractivity contribution < 1.29 is 14.4 Å². The Labute approximate surface area is 283 Å². The predicted molar refractivity (Wildman–Crippen MR) is 198 cm³/mol. The molecule has 0 bridgehead atoms. The molecule has 0 aromatic carbocycles. The standard InChI is InChI=1S/C40H84N2O3/c1-3-5-7-9-11-13-15-17-19-21-23-25-27-29-31-33-35-42(45-40-38-43-37-39-44-41)36-34-32-30-28-26-24-22-20-18-16-14-12-10-8-6-4-2/h3-41H2,1-2H3. The predicted octanol–water partition coefficient (Wildman–Crippen LogP) is 12.6. The Hall–Kier alpha value is -0.200. The quantitative estimate of drug-likeness (QED) is 0.0532. The SMILES string of the molecule is CCCCCCCCCCCCCCCCCCN(CCCCCCCCCCCCCCCCCC)OCCOCCON. The Morgan fingerprint density at radius 1 is 0.333 bits per heavy atom. The number of nitrogens with zero attached hydrogens (tertiary/aromatic N) is 1. The summed E-state index contributed by atoms with van der Waals surface area (Å²) in [7, 11) is 0. The van der Waals surface area contributed by atoms with Crippen molar-refractivity contribution in [1.29, 1.82) is 0 Å². The van der Waals surface area contributed by atoms with Crippen molar-refractivity contribution in [3.05, 3.63) is 0 Å². The van der Waals surface area contributed by atoms with Gasteiger partial charge in [0.2, 0.25) is 0 Å². The molecule has 272 valence electrons. The average molecular weight is 641 g/mol. The van der Waals surface area contributed by atoms with Gasteiger partial charge in [-0.2, -0.15) is 5.06 Å². The van der Waals surface area contributed by atoms with Gasteiger partial charge in [-0.1, -0.05) is 206 Å². The highest BCUT2D eigenvalue weighted by Crippen LogP contribution is 2.16. The summed E-state index contributed by atoms with van der Waals surface area (Å²) in [5.74, 6) is 5.07. The van der Waals surface area contributed by atoms with Crippen LogP contribution >= 0.6 is 0 Å². The van der Waals surface area contributed by atoms with Crippen molar-refractivity contribution >= 4 is 0 Å². The summed E-state index contributed by atoms with van der Waals surface area (Å²) in [6.07, 6.45) is 45.1. The van der Waals surface area contributed by atoms with Crippen LogP contribution in [-0.4, -0.2) is 44.6 Å². The molecule has 0 saturated carbocycles. The molecule has 0 aliphatic heterocycles. The van der Waals surface area contributed by atoms with Crippen molar-refractivity contribution in [3.63, 3.8) is 0 Å². The summed E-state index contributed by atoms with van der Waals surface area (Å²) in [6, 6.07) is 0. The van der Waals surface area contributed by atoms with Crippen LogP contribution in [0.1, 0.15) is 219 Å². The highest BCUT2D eigenvalue weighted by molar-refractivity contribution is 4.55. The van der Waals surface area contributed by atoms with Crippen LogP contribution in [0.4, 0.5) is 0 Å². The third-order valence-electron chi connectivity index (χ3n) is 9.37. The molecule has 0 aromatic heterocycles. The zero-order valence-corrected chi connectivity index (χ0v) is 31.1. The van der Waals surface area contributed by atoms with Crippen LogP contribution in [0.5, 0.6) is 0 Å². The number of nitrogens with two attached hydrogens (primary N) is 1. The lowest BCUT2D eigenvalue weighted by Crippen LogP contribution is -2.28. The Kier molecular flexibility index (Phi) is 41.6. The fourth-order valence-electron chi connectivity index (χ4n) is 6.35. The van der Waals surface area contributed by atoms with Gasteiger partial charge >= 0.3 is 0 Å². The molecule has 0 aliphatic carbocycles. The highest BCUT2D eigenvalue weighted by Gasteiger charge is 2.06. The molecule has 0 heterocycles. The van der Waals surface area contributed by atoms with Gasteiger partial charge in [0.05, 0.1) is 26.4 Å². The second-order valence-electron chi connectivity index (χ2n) is 13.9. The van der Waals surface area contributed by atoms with E-state index in [1.165, 1.54) is 205 Å². The van der Waals surface area contributed by atoms with Gasteiger partial charge in [-0.05, 0) is 12.8 Å². The van der Waals surface area contributed by atoms with Gasteiger partial charge in [-0.15, -0.1) is 0 Å². The van der Waals surface area contributed by atoms with Crippen molar-refractivity contribution in [1.82, 2.24) is 5.06 Å². The van der Waals surface area contributed by atoms with Crippen LogP contribution in [-0.2, 0) is 14.4 Å². The molecule has 0 amide bonds. The third kappa shape index (κ3) is 39.9. The average Bonchev–Trinajstić information content (AvgIpc) is 3.05. The van der Waals surface area contributed by atoms with Crippen LogP contribution < -0.4 is 5.90 Å². The Morgan fingerprint density at radius 3 is 0.889 bits per heavy atom. The number of hydrogen-bond donors (Lipinski definition) is 1. The molecule has 45 heavy (non-hydrogen) atoms. The van der Waals surface area contributed by atoms with E-state index in [9.17, 15) is 0 Å². The molecule has 0 unspecified atom stereocenters. The van der Waals surface area contributed by atoms with Gasteiger partial charge < -0.3 is 9.57 Å². The molecule has 0 fully saturated rings. The van der Waals surface area contributed by atoms with Gasteiger partial charge in [0.15, 0.2) is 0 Å². The van der Waals surface area contributed by atoms with Crippen LogP contribution in [0.15, 0.2) is 0 Å². The molecule has 2 N–H and O–H groups in total. The van der Waals surface area contributed by atoms with E-state index >= 15 is 0 Å². The summed E-state index contributed by atoms with van der Waals surface area (Å²) in [5.41, 5.74) is 0. The van der Waals surface area contributed by atoms with Gasteiger partial charge in [-0.3, -0.25) is 4.84 Å². The minimum absolute atomic E-state index is 0.433. The maximum atomic E-state index is 6.11. The lowest BCUT2D eigenvalue weighted by molar-refractivity contribution is -0.171.